The third kappa shape index (κ3) is 4.16. The molecule has 0 aliphatic heterocycles. The molecule has 4 heterocycles. The molecule has 0 unspecified atom stereocenters. The Hall–Kier alpha value is -5.05. The van der Waals surface area contributed by atoms with Crippen LogP contribution in [0.1, 0.15) is 13.3 Å². The minimum Gasteiger partial charge on any atom is -0.508 e. The number of hydrogen-bond acceptors (Lipinski definition) is 5. The van der Waals surface area contributed by atoms with E-state index in [9.17, 15) is 14.3 Å². The Morgan fingerprint density at radius 3 is 2.70 bits per heavy atom. The summed E-state index contributed by atoms with van der Waals surface area (Å²) in [4.78, 5) is 24.0. The molecule has 37 heavy (non-hydrogen) atoms. The summed E-state index contributed by atoms with van der Waals surface area (Å²) in [5, 5.41) is 21.8. The number of pyridine rings is 2. The van der Waals surface area contributed by atoms with Gasteiger partial charge >= 0.3 is 0 Å². The second-order valence-electron chi connectivity index (χ2n) is 8.71. The van der Waals surface area contributed by atoms with Crippen molar-refractivity contribution in [3.05, 3.63) is 79.0 Å². The van der Waals surface area contributed by atoms with Gasteiger partial charge in [-0.1, -0.05) is 19.1 Å². The summed E-state index contributed by atoms with van der Waals surface area (Å²) in [6.07, 6.45) is 5.42. The van der Waals surface area contributed by atoms with E-state index in [1.54, 1.807) is 25.5 Å². The van der Waals surface area contributed by atoms with Crippen LogP contribution in [0.25, 0.3) is 55.6 Å². The van der Waals surface area contributed by atoms with Crippen molar-refractivity contribution in [3.63, 3.8) is 0 Å². The van der Waals surface area contributed by atoms with E-state index in [0.29, 0.717) is 23.3 Å². The fourth-order valence-electron chi connectivity index (χ4n) is 4.45. The highest BCUT2D eigenvalue weighted by atomic mass is 19.1. The molecule has 8 nitrogen and oxygen atoms in total. The summed E-state index contributed by atoms with van der Waals surface area (Å²) < 4.78 is 14.0. The Morgan fingerprint density at radius 1 is 1.00 bits per heavy atom. The number of carbonyl (C=O) groups is 1. The summed E-state index contributed by atoms with van der Waals surface area (Å²) in [5.74, 6) is -0.723. The monoisotopic (exact) mass is 492 g/mol. The first kappa shape index (κ1) is 22.4. The van der Waals surface area contributed by atoms with E-state index >= 15 is 0 Å². The molecule has 0 aliphatic rings. The van der Waals surface area contributed by atoms with Gasteiger partial charge in [-0.05, 0) is 47.5 Å². The standard InChI is InChI=1S/C28H21FN6O2/c1-2-26(37)32-19-7-16(12-30-14-19)17-9-23-27(34-35-28(23)31-13-17)25-11-22-21(4-3-5-24(22)33-25)15-6-18(29)10-20(36)8-15/h3-14,33,36H,2H2,1H3,(H,32,37)(H,31,34,35). The molecule has 0 atom stereocenters. The topological polar surface area (TPSA) is 120 Å². The number of aromatic amines is 2. The Morgan fingerprint density at radius 2 is 1.86 bits per heavy atom. The van der Waals surface area contributed by atoms with Crippen molar-refractivity contribution in [2.24, 2.45) is 0 Å². The van der Waals surface area contributed by atoms with Crippen LogP contribution in [0.4, 0.5) is 10.1 Å². The lowest BCUT2D eigenvalue weighted by molar-refractivity contribution is -0.115. The molecule has 0 aliphatic carbocycles. The van der Waals surface area contributed by atoms with E-state index < -0.39 is 5.82 Å². The molecule has 0 spiro atoms. The largest absolute Gasteiger partial charge is 0.508 e. The van der Waals surface area contributed by atoms with E-state index in [1.165, 1.54) is 12.1 Å². The van der Waals surface area contributed by atoms with Crippen molar-refractivity contribution in [1.29, 1.82) is 0 Å². The highest BCUT2D eigenvalue weighted by molar-refractivity contribution is 6.01. The normalized spacial score (nSPS) is 11.3. The quantitative estimate of drug-likeness (QED) is 0.234. The van der Waals surface area contributed by atoms with Crippen molar-refractivity contribution in [1.82, 2.24) is 25.1 Å². The number of anilines is 1. The van der Waals surface area contributed by atoms with Gasteiger partial charge in [-0.3, -0.25) is 14.9 Å². The zero-order chi connectivity index (χ0) is 25.5. The minimum absolute atomic E-state index is 0.0868. The number of benzene rings is 2. The van der Waals surface area contributed by atoms with Gasteiger partial charge in [0.15, 0.2) is 5.65 Å². The molecule has 0 radical (unpaired) electrons. The van der Waals surface area contributed by atoms with Crippen LogP contribution in [0.5, 0.6) is 5.75 Å². The number of halogens is 1. The third-order valence-corrected chi connectivity index (χ3v) is 6.21. The fourth-order valence-corrected chi connectivity index (χ4v) is 4.45. The molecule has 182 valence electrons. The van der Waals surface area contributed by atoms with Crippen molar-refractivity contribution >= 4 is 33.5 Å². The molecule has 1 amide bonds. The number of rotatable bonds is 5. The lowest BCUT2D eigenvalue weighted by atomic mass is 10.0. The van der Waals surface area contributed by atoms with E-state index in [-0.39, 0.29) is 11.7 Å². The van der Waals surface area contributed by atoms with Gasteiger partial charge in [0.25, 0.3) is 0 Å². The molecule has 0 saturated carbocycles. The van der Waals surface area contributed by atoms with Crippen LogP contribution < -0.4 is 5.32 Å². The lowest BCUT2D eigenvalue weighted by Crippen LogP contribution is -2.09. The first-order chi connectivity index (χ1) is 18.0. The van der Waals surface area contributed by atoms with Gasteiger partial charge in [-0.15, -0.1) is 0 Å². The third-order valence-electron chi connectivity index (χ3n) is 6.21. The molecule has 0 fully saturated rings. The van der Waals surface area contributed by atoms with Crippen LogP contribution >= 0.6 is 0 Å². The minimum atomic E-state index is -0.506. The molecular formula is C28H21FN6O2. The highest BCUT2D eigenvalue weighted by Crippen LogP contribution is 2.36. The molecule has 9 heteroatoms. The van der Waals surface area contributed by atoms with Gasteiger partial charge in [0, 0.05) is 52.3 Å². The van der Waals surface area contributed by atoms with Gasteiger partial charge < -0.3 is 15.4 Å². The molecule has 6 aromatic rings. The number of carbonyl (C=O) groups excluding carboxylic acids is 1. The zero-order valence-corrected chi connectivity index (χ0v) is 19.7. The Labute approximate surface area is 210 Å². The van der Waals surface area contributed by atoms with Crippen molar-refractivity contribution < 1.29 is 14.3 Å². The van der Waals surface area contributed by atoms with E-state index in [2.05, 4.69) is 30.5 Å². The zero-order valence-electron chi connectivity index (χ0n) is 19.7. The number of fused-ring (bicyclic) bond motifs is 2. The SMILES string of the molecule is CCC(=O)Nc1cncc(-c2cnc3n[nH]c(-c4cc5c(-c6cc(O)cc(F)c6)cccc5[nH]4)c3c2)c1. The van der Waals surface area contributed by atoms with E-state index in [1.807, 2.05) is 36.4 Å². The van der Waals surface area contributed by atoms with Crippen LogP contribution in [-0.2, 0) is 4.79 Å². The molecule has 0 saturated heterocycles. The maximum atomic E-state index is 14.0. The molecule has 4 N–H and O–H groups in total. The first-order valence-electron chi connectivity index (χ1n) is 11.7. The Bertz CT molecular complexity index is 1790. The van der Waals surface area contributed by atoms with E-state index in [0.717, 1.165) is 50.4 Å². The van der Waals surface area contributed by atoms with Crippen molar-refractivity contribution in [3.8, 4) is 39.4 Å². The molecule has 2 aromatic carbocycles. The number of aromatic hydroxyl groups is 1. The maximum absolute atomic E-state index is 14.0. The maximum Gasteiger partial charge on any atom is 0.224 e. The van der Waals surface area contributed by atoms with Crippen LogP contribution in [0.2, 0.25) is 0 Å². The molecule has 0 bridgehead atoms. The van der Waals surface area contributed by atoms with Gasteiger partial charge in [0.1, 0.15) is 11.6 Å². The first-order valence-corrected chi connectivity index (χ1v) is 11.7. The van der Waals surface area contributed by atoms with Gasteiger partial charge in [0.05, 0.1) is 23.3 Å². The van der Waals surface area contributed by atoms with Crippen molar-refractivity contribution in [2.45, 2.75) is 13.3 Å². The van der Waals surface area contributed by atoms with Crippen molar-refractivity contribution in [2.75, 3.05) is 5.32 Å². The van der Waals surface area contributed by atoms with Gasteiger partial charge in [-0.25, -0.2) is 9.37 Å². The predicted octanol–water partition coefficient (Wildman–Crippen LogP) is 6.03. The summed E-state index contributed by atoms with van der Waals surface area (Å²) in [5.41, 5.74) is 6.54. The summed E-state index contributed by atoms with van der Waals surface area (Å²) in [6, 6.07) is 15.5. The Balaban J connectivity index is 1.43. The summed E-state index contributed by atoms with van der Waals surface area (Å²) in [6.45, 7) is 1.79. The smallest absolute Gasteiger partial charge is 0.224 e. The average Bonchev–Trinajstić information content (AvgIpc) is 3.51. The number of hydrogen-bond donors (Lipinski definition) is 4. The second kappa shape index (κ2) is 8.87. The summed E-state index contributed by atoms with van der Waals surface area (Å²) >= 11 is 0. The van der Waals surface area contributed by atoms with E-state index in [4.69, 9.17) is 0 Å². The predicted molar refractivity (Wildman–Crippen MR) is 140 cm³/mol. The number of nitrogens with zero attached hydrogens (tertiary/aromatic N) is 3. The number of H-pyrrole nitrogens is 2. The summed E-state index contributed by atoms with van der Waals surface area (Å²) in [7, 11) is 0. The lowest BCUT2D eigenvalue weighted by Gasteiger charge is -2.06. The number of amides is 1. The highest BCUT2D eigenvalue weighted by Gasteiger charge is 2.15. The number of phenols is 1. The second-order valence-corrected chi connectivity index (χ2v) is 8.71. The van der Waals surface area contributed by atoms with Crippen LogP contribution in [-0.4, -0.2) is 36.2 Å². The van der Waals surface area contributed by atoms with Crippen LogP contribution in [0, 0.1) is 5.82 Å². The molecular weight excluding hydrogens is 471 g/mol. The average molecular weight is 493 g/mol. The number of phenolic OH excluding ortho intramolecular Hbond substituents is 1. The van der Waals surface area contributed by atoms with Gasteiger partial charge in [-0.2, -0.15) is 5.10 Å². The van der Waals surface area contributed by atoms with Crippen LogP contribution in [0.3, 0.4) is 0 Å². The molecule has 6 rings (SSSR count). The number of aromatic nitrogens is 5. The number of nitrogens with one attached hydrogen (secondary N) is 3. The Kier molecular flexibility index (Phi) is 5.37. The fraction of sp³-hybridized carbons (Fsp3) is 0.0714. The van der Waals surface area contributed by atoms with Crippen LogP contribution in [0.15, 0.2) is 73.2 Å². The van der Waals surface area contributed by atoms with Gasteiger partial charge in [0.2, 0.25) is 5.91 Å². The molecule has 4 aromatic heterocycles.